The predicted octanol–water partition coefficient (Wildman–Crippen LogP) is 6.56. The van der Waals surface area contributed by atoms with Crippen LogP contribution in [-0.2, 0) is 0 Å². The molecule has 0 aromatic heterocycles. The number of allylic oxidation sites excluding steroid dienone is 1. The SMILES string of the molecule is CCCCCCCCCCCCCC=CSC. The van der Waals surface area contributed by atoms with Crippen LogP contribution in [0.3, 0.4) is 0 Å². The van der Waals surface area contributed by atoms with Gasteiger partial charge in [0.1, 0.15) is 0 Å². The average molecular weight is 256 g/mol. The van der Waals surface area contributed by atoms with Crippen LogP contribution in [0.4, 0.5) is 0 Å². The van der Waals surface area contributed by atoms with E-state index in [1.807, 2.05) is 0 Å². The van der Waals surface area contributed by atoms with E-state index in [2.05, 4.69) is 24.7 Å². The maximum Gasteiger partial charge on any atom is -0.0142 e. The lowest BCUT2D eigenvalue weighted by molar-refractivity contribution is 0.550. The fourth-order valence-corrected chi connectivity index (χ4v) is 2.42. The topological polar surface area (TPSA) is 0 Å². The molecule has 0 unspecified atom stereocenters. The molecule has 0 N–H and O–H groups in total. The van der Waals surface area contributed by atoms with Crippen LogP contribution in [0.15, 0.2) is 11.5 Å². The van der Waals surface area contributed by atoms with Crippen LogP contribution in [0.2, 0.25) is 0 Å². The molecule has 0 aliphatic rings. The van der Waals surface area contributed by atoms with Crippen molar-refractivity contribution in [2.75, 3.05) is 6.26 Å². The largest absolute Gasteiger partial charge is 0.138 e. The smallest absolute Gasteiger partial charge is 0.0142 e. The third-order valence-electron chi connectivity index (χ3n) is 3.21. The average Bonchev–Trinajstić information content (AvgIpc) is 2.35. The van der Waals surface area contributed by atoms with Gasteiger partial charge in [0.25, 0.3) is 0 Å². The van der Waals surface area contributed by atoms with E-state index >= 15 is 0 Å². The monoisotopic (exact) mass is 256 g/mol. The molecule has 0 aromatic rings. The Bertz CT molecular complexity index is 152. The standard InChI is InChI=1S/C16H32S/c1-3-4-5-6-7-8-9-10-11-12-13-14-15-16-17-2/h15-16H,3-14H2,1-2H3. The molecule has 0 radical (unpaired) electrons. The molecule has 0 saturated heterocycles. The number of thioether (sulfide) groups is 1. The first-order valence-corrected chi connectivity index (χ1v) is 8.88. The van der Waals surface area contributed by atoms with E-state index in [9.17, 15) is 0 Å². The Morgan fingerprint density at radius 3 is 1.65 bits per heavy atom. The summed E-state index contributed by atoms with van der Waals surface area (Å²) in [6.45, 7) is 2.29. The molecule has 0 atom stereocenters. The van der Waals surface area contributed by atoms with Crippen LogP contribution in [0.5, 0.6) is 0 Å². The van der Waals surface area contributed by atoms with Gasteiger partial charge in [-0.1, -0.05) is 77.2 Å². The fraction of sp³-hybridized carbons (Fsp3) is 0.875. The van der Waals surface area contributed by atoms with Crippen LogP contribution in [0.1, 0.15) is 84.0 Å². The maximum atomic E-state index is 2.30. The van der Waals surface area contributed by atoms with E-state index in [4.69, 9.17) is 0 Å². The van der Waals surface area contributed by atoms with E-state index in [-0.39, 0.29) is 0 Å². The molecule has 102 valence electrons. The molecule has 0 spiro atoms. The van der Waals surface area contributed by atoms with Crippen LogP contribution < -0.4 is 0 Å². The number of hydrogen-bond donors (Lipinski definition) is 0. The normalized spacial score (nSPS) is 11.4. The summed E-state index contributed by atoms with van der Waals surface area (Å²) in [4.78, 5) is 0. The Labute approximate surface area is 114 Å². The van der Waals surface area contributed by atoms with Gasteiger partial charge in [-0.25, -0.2) is 0 Å². The highest BCUT2D eigenvalue weighted by Crippen LogP contribution is 2.12. The quantitative estimate of drug-likeness (QED) is 0.336. The van der Waals surface area contributed by atoms with E-state index in [1.165, 1.54) is 77.0 Å². The first kappa shape index (κ1) is 17.1. The van der Waals surface area contributed by atoms with Crippen molar-refractivity contribution in [1.82, 2.24) is 0 Å². The Balaban J connectivity index is 2.91. The predicted molar refractivity (Wildman–Crippen MR) is 83.7 cm³/mol. The molecule has 0 amide bonds. The summed E-state index contributed by atoms with van der Waals surface area (Å²) in [7, 11) is 0. The molecule has 0 bridgehead atoms. The zero-order chi connectivity index (χ0) is 12.6. The minimum atomic E-state index is 1.28. The molecule has 17 heavy (non-hydrogen) atoms. The Kier molecular flexibility index (Phi) is 16.2. The third kappa shape index (κ3) is 16.1. The summed E-state index contributed by atoms with van der Waals surface area (Å²) < 4.78 is 0. The van der Waals surface area contributed by atoms with Crippen molar-refractivity contribution in [3.8, 4) is 0 Å². The molecular formula is C16H32S. The second kappa shape index (κ2) is 16.1. The first-order chi connectivity index (χ1) is 8.41. The molecule has 0 fully saturated rings. The Morgan fingerprint density at radius 1 is 0.706 bits per heavy atom. The number of hydrogen-bond acceptors (Lipinski definition) is 1. The third-order valence-corrected chi connectivity index (χ3v) is 3.67. The lowest BCUT2D eigenvalue weighted by Gasteiger charge is -2.01. The first-order valence-electron chi connectivity index (χ1n) is 7.59. The highest BCUT2D eigenvalue weighted by atomic mass is 32.2. The van der Waals surface area contributed by atoms with Gasteiger partial charge in [0.15, 0.2) is 0 Å². The summed E-state index contributed by atoms with van der Waals surface area (Å²) >= 11 is 1.80. The summed E-state index contributed by atoms with van der Waals surface area (Å²) in [5, 5.41) is 2.20. The number of unbranched alkanes of at least 4 members (excludes halogenated alkanes) is 11. The molecule has 0 aromatic carbocycles. The van der Waals surface area contributed by atoms with Gasteiger partial charge < -0.3 is 0 Å². The van der Waals surface area contributed by atoms with Crippen molar-refractivity contribution in [3.63, 3.8) is 0 Å². The van der Waals surface area contributed by atoms with Crippen molar-refractivity contribution >= 4 is 11.8 Å². The molecule has 0 heterocycles. The summed E-state index contributed by atoms with van der Waals surface area (Å²) in [6, 6.07) is 0. The highest BCUT2D eigenvalue weighted by molar-refractivity contribution is 8.01. The second-order valence-electron chi connectivity index (χ2n) is 4.93. The van der Waals surface area contributed by atoms with Crippen molar-refractivity contribution < 1.29 is 0 Å². The van der Waals surface area contributed by atoms with Crippen molar-refractivity contribution in [1.29, 1.82) is 0 Å². The van der Waals surface area contributed by atoms with E-state index in [1.54, 1.807) is 11.8 Å². The van der Waals surface area contributed by atoms with Crippen LogP contribution >= 0.6 is 11.8 Å². The second-order valence-corrected chi connectivity index (χ2v) is 5.68. The van der Waals surface area contributed by atoms with Gasteiger partial charge in [0.2, 0.25) is 0 Å². The zero-order valence-corrected chi connectivity index (χ0v) is 12.9. The Hall–Kier alpha value is 0.0900. The van der Waals surface area contributed by atoms with Gasteiger partial charge >= 0.3 is 0 Å². The zero-order valence-electron chi connectivity index (χ0n) is 12.0. The summed E-state index contributed by atoms with van der Waals surface area (Å²) in [5.74, 6) is 0. The molecule has 0 aliphatic heterocycles. The van der Waals surface area contributed by atoms with Crippen molar-refractivity contribution in [2.24, 2.45) is 0 Å². The van der Waals surface area contributed by atoms with Gasteiger partial charge in [-0.05, 0) is 24.5 Å². The fourth-order valence-electron chi connectivity index (χ4n) is 2.09. The highest BCUT2D eigenvalue weighted by Gasteiger charge is 1.92. The van der Waals surface area contributed by atoms with E-state index in [0.29, 0.717) is 0 Å². The van der Waals surface area contributed by atoms with Crippen molar-refractivity contribution in [2.45, 2.75) is 84.0 Å². The molecule has 0 aliphatic carbocycles. The van der Waals surface area contributed by atoms with Crippen LogP contribution in [0, 0.1) is 0 Å². The van der Waals surface area contributed by atoms with Crippen LogP contribution in [-0.4, -0.2) is 6.26 Å². The van der Waals surface area contributed by atoms with Gasteiger partial charge in [-0.2, -0.15) is 0 Å². The molecule has 0 nitrogen and oxygen atoms in total. The number of rotatable bonds is 13. The van der Waals surface area contributed by atoms with Gasteiger partial charge in [0.05, 0.1) is 0 Å². The molecule has 0 saturated carbocycles. The lowest BCUT2D eigenvalue weighted by atomic mass is 10.1. The lowest BCUT2D eigenvalue weighted by Crippen LogP contribution is -1.81. The van der Waals surface area contributed by atoms with Gasteiger partial charge in [-0.15, -0.1) is 11.8 Å². The van der Waals surface area contributed by atoms with Gasteiger partial charge in [-0.3, -0.25) is 0 Å². The molecular weight excluding hydrogens is 224 g/mol. The Morgan fingerprint density at radius 2 is 1.18 bits per heavy atom. The van der Waals surface area contributed by atoms with Crippen molar-refractivity contribution in [3.05, 3.63) is 11.5 Å². The summed E-state index contributed by atoms with van der Waals surface area (Å²) in [6.07, 6.45) is 21.5. The minimum absolute atomic E-state index is 1.28. The summed E-state index contributed by atoms with van der Waals surface area (Å²) in [5.41, 5.74) is 0. The minimum Gasteiger partial charge on any atom is -0.138 e. The molecule has 1 heteroatoms. The maximum absolute atomic E-state index is 2.30. The van der Waals surface area contributed by atoms with Gasteiger partial charge in [0, 0.05) is 0 Å². The van der Waals surface area contributed by atoms with E-state index < -0.39 is 0 Å². The molecule has 0 rings (SSSR count). The van der Waals surface area contributed by atoms with Crippen LogP contribution in [0.25, 0.3) is 0 Å². The van der Waals surface area contributed by atoms with E-state index in [0.717, 1.165) is 0 Å².